The lowest BCUT2D eigenvalue weighted by Crippen LogP contribution is -2.18. The molecule has 0 amide bonds. The number of hydrogen-bond acceptors (Lipinski definition) is 3. The first-order chi connectivity index (χ1) is 9.58. The van der Waals surface area contributed by atoms with Gasteiger partial charge < -0.3 is 10.5 Å². The van der Waals surface area contributed by atoms with Crippen LogP contribution in [0.5, 0.6) is 5.75 Å². The Labute approximate surface area is 128 Å². The van der Waals surface area contributed by atoms with E-state index >= 15 is 0 Å². The summed E-state index contributed by atoms with van der Waals surface area (Å²) in [5.41, 5.74) is 9.20. The summed E-state index contributed by atoms with van der Waals surface area (Å²) in [6, 6.07) is 14.2. The van der Waals surface area contributed by atoms with Gasteiger partial charge in [0.25, 0.3) is 0 Å². The van der Waals surface area contributed by atoms with Gasteiger partial charge in [-0.1, -0.05) is 34.1 Å². The molecule has 0 spiro atoms. The third kappa shape index (κ3) is 3.99. The Balaban J connectivity index is 2.02. The van der Waals surface area contributed by atoms with Crippen LogP contribution in [0.25, 0.3) is 0 Å². The number of benzene rings is 2. The van der Waals surface area contributed by atoms with E-state index < -0.39 is 0 Å². The minimum absolute atomic E-state index is 0.769. The molecular weight excluding hydrogens is 316 g/mol. The average Bonchev–Trinajstić information content (AvgIpc) is 2.41. The van der Waals surface area contributed by atoms with Gasteiger partial charge in [0.2, 0.25) is 0 Å². The predicted molar refractivity (Wildman–Crippen MR) is 86.7 cm³/mol. The maximum Gasteiger partial charge on any atom is 0.120 e. The Morgan fingerprint density at radius 1 is 1.15 bits per heavy atom. The van der Waals surface area contributed by atoms with Gasteiger partial charge in [-0.05, 0) is 36.4 Å². The van der Waals surface area contributed by atoms with Gasteiger partial charge in [-0.25, -0.2) is 0 Å². The normalized spacial score (nSPS) is 10.8. The molecule has 0 fully saturated rings. The second-order valence-electron chi connectivity index (χ2n) is 4.87. The van der Waals surface area contributed by atoms with E-state index in [2.05, 4.69) is 46.1 Å². The van der Waals surface area contributed by atoms with Crippen molar-refractivity contribution in [3.63, 3.8) is 0 Å². The molecule has 0 atom stereocenters. The number of hydrogen-bond donors (Lipinski definition) is 1. The number of nitrogens with zero attached hydrogens (tertiary/aromatic N) is 1. The predicted octanol–water partition coefficient (Wildman–Crippen LogP) is 3.67. The molecule has 0 unspecified atom stereocenters. The minimum atomic E-state index is 0.769. The highest BCUT2D eigenvalue weighted by atomic mass is 79.9. The van der Waals surface area contributed by atoms with E-state index in [9.17, 15) is 0 Å². The van der Waals surface area contributed by atoms with Gasteiger partial charge in [-0.3, -0.25) is 4.90 Å². The van der Waals surface area contributed by atoms with Crippen LogP contribution in [0.2, 0.25) is 0 Å². The molecule has 2 rings (SSSR count). The van der Waals surface area contributed by atoms with Gasteiger partial charge >= 0.3 is 0 Å². The summed E-state index contributed by atoms with van der Waals surface area (Å²) in [4.78, 5) is 2.24. The van der Waals surface area contributed by atoms with Gasteiger partial charge in [0, 0.05) is 29.3 Å². The zero-order chi connectivity index (χ0) is 14.5. The number of methoxy groups -OCH3 is 1. The van der Waals surface area contributed by atoms with Crippen molar-refractivity contribution in [3.05, 3.63) is 58.1 Å². The van der Waals surface area contributed by atoms with E-state index in [1.165, 1.54) is 5.56 Å². The van der Waals surface area contributed by atoms with E-state index in [0.717, 1.165) is 34.6 Å². The van der Waals surface area contributed by atoms with Crippen molar-refractivity contribution >= 4 is 21.6 Å². The molecule has 2 N–H and O–H groups in total. The molecular formula is C16H19BrN2O. The van der Waals surface area contributed by atoms with Crippen molar-refractivity contribution in [1.29, 1.82) is 0 Å². The minimum Gasteiger partial charge on any atom is -0.497 e. The van der Waals surface area contributed by atoms with Gasteiger partial charge in [-0.2, -0.15) is 0 Å². The fourth-order valence-electron chi connectivity index (χ4n) is 2.14. The van der Waals surface area contributed by atoms with Crippen LogP contribution in [0.15, 0.2) is 46.9 Å². The first-order valence-corrected chi connectivity index (χ1v) is 7.23. The Kier molecular flexibility index (Phi) is 5.04. The molecule has 0 aromatic heterocycles. The number of rotatable bonds is 5. The zero-order valence-corrected chi connectivity index (χ0v) is 13.4. The van der Waals surface area contributed by atoms with Crippen LogP contribution in [-0.4, -0.2) is 19.1 Å². The molecule has 0 bridgehead atoms. The highest BCUT2D eigenvalue weighted by molar-refractivity contribution is 9.10. The van der Waals surface area contributed by atoms with Gasteiger partial charge in [-0.15, -0.1) is 0 Å². The van der Waals surface area contributed by atoms with Crippen LogP contribution in [0.3, 0.4) is 0 Å². The number of ether oxygens (including phenoxy) is 1. The molecule has 2 aromatic carbocycles. The summed E-state index contributed by atoms with van der Waals surface area (Å²) >= 11 is 3.49. The summed E-state index contributed by atoms with van der Waals surface area (Å²) in [6.07, 6.45) is 0. The Morgan fingerprint density at radius 3 is 2.60 bits per heavy atom. The van der Waals surface area contributed by atoms with Crippen LogP contribution in [0.1, 0.15) is 11.1 Å². The summed E-state index contributed by atoms with van der Waals surface area (Å²) in [7, 11) is 3.73. The van der Waals surface area contributed by atoms with Crippen LogP contribution in [0.4, 0.5) is 5.69 Å². The summed E-state index contributed by atoms with van der Waals surface area (Å²) in [6.45, 7) is 1.69. The first kappa shape index (κ1) is 14.9. The molecule has 4 heteroatoms. The number of anilines is 1. The molecule has 0 radical (unpaired) electrons. The highest BCUT2D eigenvalue weighted by Gasteiger charge is 2.06. The quantitative estimate of drug-likeness (QED) is 0.848. The van der Waals surface area contributed by atoms with Gasteiger partial charge in [0.1, 0.15) is 5.75 Å². The fraction of sp³-hybridized carbons (Fsp3) is 0.250. The van der Waals surface area contributed by atoms with Crippen LogP contribution in [-0.2, 0) is 13.1 Å². The monoisotopic (exact) mass is 334 g/mol. The summed E-state index contributed by atoms with van der Waals surface area (Å²) < 4.78 is 6.27. The summed E-state index contributed by atoms with van der Waals surface area (Å²) in [5, 5.41) is 0. The van der Waals surface area contributed by atoms with Crippen molar-refractivity contribution in [2.45, 2.75) is 13.1 Å². The number of nitrogen functional groups attached to an aromatic ring is 1. The molecule has 0 saturated carbocycles. The van der Waals surface area contributed by atoms with Crippen LogP contribution < -0.4 is 10.5 Å². The van der Waals surface area contributed by atoms with Gasteiger partial charge in [0.15, 0.2) is 0 Å². The van der Waals surface area contributed by atoms with Gasteiger partial charge in [0.05, 0.1) is 7.11 Å². The topological polar surface area (TPSA) is 38.5 Å². The van der Waals surface area contributed by atoms with E-state index in [0.29, 0.717) is 0 Å². The molecule has 3 nitrogen and oxygen atoms in total. The van der Waals surface area contributed by atoms with Crippen LogP contribution in [0, 0.1) is 0 Å². The highest BCUT2D eigenvalue weighted by Crippen LogP contribution is 2.21. The number of nitrogens with two attached hydrogens (primary N) is 1. The molecule has 0 aliphatic heterocycles. The Morgan fingerprint density at radius 2 is 1.95 bits per heavy atom. The third-order valence-corrected chi connectivity index (χ3v) is 3.63. The van der Waals surface area contributed by atoms with E-state index in [1.807, 2.05) is 24.3 Å². The van der Waals surface area contributed by atoms with Crippen molar-refractivity contribution in [2.24, 2.45) is 0 Å². The first-order valence-electron chi connectivity index (χ1n) is 6.44. The molecule has 106 valence electrons. The third-order valence-electron chi connectivity index (χ3n) is 3.13. The van der Waals surface area contributed by atoms with E-state index in [4.69, 9.17) is 10.5 Å². The van der Waals surface area contributed by atoms with E-state index in [-0.39, 0.29) is 0 Å². The summed E-state index contributed by atoms with van der Waals surface area (Å²) in [5.74, 6) is 0.792. The molecule has 0 aliphatic carbocycles. The molecule has 0 heterocycles. The largest absolute Gasteiger partial charge is 0.497 e. The maximum absolute atomic E-state index is 6.05. The lowest BCUT2D eigenvalue weighted by Gasteiger charge is -2.18. The molecule has 20 heavy (non-hydrogen) atoms. The SMILES string of the molecule is COc1ccc(CN(C)Cc2cccc(Br)c2)c(N)c1. The molecule has 0 saturated heterocycles. The maximum atomic E-state index is 6.05. The van der Waals surface area contributed by atoms with Crippen molar-refractivity contribution < 1.29 is 4.74 Å². The van der Waals surface area contributed by atoms with Crippen molar-refractivity contribution in [1.82, 2.24) is 4.90 Å². The Hall–Kier alpha value is -1.52. The zero-order valence-electron chi connectivity index (χ0n) is 11.8. The standard InChI is InChI=1S/C16H19BrN2O/c1-19(10-12-4-3-5-14(17)8-12)11-13-6-7-15(20-2)9-16(13)18/h3-9H,10-11,18H2,1-2H3. The lowest BCUT2D eigenvalue weighted by molar-refractivity contribution is 0.319. The fourth-order valence-corrected chi connectivity index (χ4v) is 2.58. The molecule has 0 aliphatic rings. The second-order valence-corrected chi connectivity index (χ2v) is 5.78. The Bertz CT molecular complexity index is 586. The lowest BCUT2D eigenvalue weighted by atomic mass is 10.1. The van der Waals surface area contributed by atoms with Crippen molar-refractivity contribution in [3.8, 4) is 5.75 Å². The smallest absolute Gasteiger partial charge is 0.120 e. The van der Waals surface area contributed by atoms with Crippen molar-refractivity contribution in [2.75, 3.05) is 19.9 Å². The number of halogens is 1. The van der Waals surface area contributed by atoms with E-state index in [1.54, 1.807) is 7.11 Å². The molecule has 2 aromatic rings. The average molecular weight is 335 g/mol. The van der Waals surface area contributed by atoms with Crippen LogP contribution >= 0.6 is 15.9 Å². The second kappa shape index (κ2) is 6.77.